The lowest BCUT2D eigenvalue weighted by molar-refractivity contribution is 0.0994. The van der Waals surface area contributed by atoms with Gasteiger partial charge >= 0.3 is 0 Å². The third kappa shape index (κ3) is 4.34. The molecule has 164 valence electrons. The number of aromatic amines is 1. The first kappa shape index (κ1) is 20.9. The molecule has 4 heterocycles. The minimum Gasteiger partial charge on any atom is -0.459 e. The molecule has 2 amide bonds. The number of anilines is 2. The summed E-state index contributed by atoms with van der Waals surface area (Å²) in [6.07, 6.45) is 4.60. The summed E-state index contributed by atoms with van der Waals surface area (Å²) in [7, 11) is 0. The highest BCUT2D eigenvalue weighted by Crippen LogP contribution is 2.30. The first-order valence-corrected chi connectivity index (χ1v) is 10.9. The van der Waals surface area contributed by atoms with Gasteiger partial charge in [0.1, 0.15) is 5.82 Å². The number of pyridine rings is 1. The van der Waals surface area contributed by atoms with Gasteiger partial charge in [0, 0.05) is 22.3 Å². The van der Waals surface area contributed by atoms with E-state index < -0.39 is 0 Å². The zero-order valence-corrected chi connectivity index (χ0v) is 18.6. The SMILES string of the molecule is Cc1cnc(C(=O)Nc2cnc3nc(-c4cc(NC(=O)c5ccco5)ccc4Cl)[nH]c3c2)s1. The summed E-state index contributed by atoms with van der Waals surface area (Å²) in [4.78, 5) is 41.6. The molecular formula is C22H15ClN6O3S. The number of hydrogen-bond acceptors (Lipinski definition) is 7. The molecule has 0 aliphatic heterocycles. The molecular weight excluding hydrogens is 464 g/mol. The van der Waals surface area contributed by atoms with Crippen LogP contribution >= 0.6 is 22.9 Å². The lowest BCUT2D eigenvalue weighted by Crippen LogP contribution is -2.11. The molecule has 0 bridgehead atoms. The number of aryl methyl sites for hydroxylation is 1. The van der Waals surface area contributed by atoms with Crippen molar-refractivity contribution in [3.63, 3.8) is 0 Å². The van der Waals surface area contributed by atoms with Gasteiger partial charge in [0.15, 0.2) is 16.4 Å². The van der Waals surface area contributed by atoms with Crippen LogP contribution in [0.4, 0.5) is 11.4 Å². The van der Waals surface area contributed by atoms with Crippen LogP contribution in [0.1, 0.15) is 25.2 Å². The van der Waals surface area contributed by atoms with E-state index in [-0.39, 0.29) is 17.6 Å². The normalized spacial score (nSPS) is 11.0. The zero-order valence-electron chi connectivity index (χ0n) is 17.0. The third-order valence-corrected chi connectivity index (χ3v) is 5.88. The zero-order chi connectivity index (χ0) is 22.9. The number of carbonyl (C=O) groups excluding carboxylic acids is 2. The van der Waals surface area contributed by atoms with Crippen molar-refractivity contribution in [2.45, 2.75) is 6.92 Å². The predicted molar refractivity (Wildman–Crippen MR) is 126 cm³/mol. The van der Waals surface area contributed by atoms with Crippen molar-refractivity contribution < 1.29 is 14.0 Å². The summed E-state index contributed by atoms with van der Waals surface area (Å²) >= 11 is 7.70. The minimum absolute atomic E-state index is 0.196. The van der Waals surface area contributed by atoms with Crippen LogP contribution in [0.25, 0.3) is 22.6 Å². The van der Waals surface area contributed by atoms with Crippen LogP contribution in [0.5, 0.6) is 0 Å². The standard InChI is InChI=1S/C22H15ClN6O3S/c1-11-9-25-22(33-11)21(31)27-13-8-16-19(24-10-13)29-18(28-16)14-7-12(4-5-15(14)23)26-20(30)17-3-2-6-32-17/h2-10H,1H3,(H,26,30)(H,27,31)(H,24,28,29). The Labute approximate surface area is 195 Å². The molecule has 1 aromatic carbocycles. The quantitative estimate of drug-likeness (QED) is 0.321. The second-order valence-electron chi connectivity index (χ2n) is 7.04. The van der Waals surface area contributed by atoms with Crippen molar-refractivity contribution in [3.8, 4) is 11.4 Å². The number of fused-ring (bicyclic) bond motifs is 1. The summed E-state index contributed by atoms with van der Waals surface area (Å²) in [5.74, 6) is -0.0232. The van der Waals surface area contributed by atoms with Crippen LogP contribution in [-0.2, 0) is 0 Å². The summed E-state index contributed by atoms with van der Waals surface area (Å²) < 4.78 is 5.12. The predicted octanol–water partition coefficient (Wildman–Crippen LogP) is 5.14. The van der Waals surface area contributed by atoms with Crippen LogP contribution in [0.3, 0.4) is 0 Å². The number of rotatable bonds is 5. The Morgan fingerprint density at radius 2 is 1.91 bits per heavy atom. The number of halogens is 1. The van der Waals surface area contributed by atoms with Gasteiger partial charge in [-0.25, -0.2) is 15.0 Å². The maximum absolute atomic E-state index is 12.4. The van der Waals surface area contributed by atoms with E-state index in [4.69, 9.17) is 16.0 Å². The van der Waals surface area contributed by atoms with Gasteiger partial charge in [-0.15, -0.1) is 11.3 Å². The van der Waals surface area contributed by atoms with Gasteiger partial charge in [0.2, 0.25) is 0 Å². The summed E-state index contributed by atoms with van der Waals surface area (Å²) in [5.41, 5.74) is 2.67. The smallest absolute Gasteiger partial charge is 0.291 e. The molecule has 4 aromatic heterocycles. The van der Waals surface area contributed by atoms with Crippen LogP contribution in [0.2, 0.25) is 5.02 Å². The van der Waals surface area contributed by atoms with Crippen molar-refractivity contribution in [3.05, 3.63) is 75.7 Å². The lowest BCUT2D eigenvalue weighted by Gasteiger charge is -2.07. The number of nitrogens with one attached hydrogen (secondary N) is 3. The molecule has 0 aliphatic rings. The summed E-state index contributed by atoms with van der Waals surface area (Å²) in [6, 6.07) is 9.99. The van der Waals surface area contributed by atoms with Gasteiger partial charge in [0.25, 0.3) is 11.8 Å². The Hall–Kier alpha value is -4.02. The molecule has 5 rings (SSSR count). The summed E-state index contributed by atoms with van der Waals surface area (Å²) in [5, 5.41) is 6.36. The van der Waals surface area contributed by atoms with E-state index >= 15 is 0 Å². The Morgan fingerprint density at radius 3 is 2.67 bits per heavy atom. The van der Waals surface area contributed by atoms with Crippen LogP contribution in [0.15, 0.2) is 59.5 Å². The maximum atomic E-state index is 12.4. The van der Waals surface area contributed by atoms with E-state index in [0.717, 1.165) is 4.88 Å². The number of hydrogen-bond donors (Lipinski definition) is 3. The van der Waals surface area contributed by atoms with Gasteiger partial charge < -0.3 is 20.0 Å². The Morgan fingerprint density at radius 1 is 1.06 bits per heavy atom. The van der Waals surface area contributed by atoms with Crippen LogP contribution < -0.4 is 10.6 Å². The first-order chi connectivity index (χ1) is 16.0. The van der Waals surface area contributed by atoms with Gasteiger partial charge in [-0.2, -0.15) is 0 Å². The first-order valence-electron chi connectivity index (χ1n) is 9.70. The topological polar surface area (TPSA) is 126 Å². The highest BCUT2D eigenvalue weighted by atomic mass is 35.5. The van der Waals surface area contributed by atoms with Crippen LogP contribution in [-0.4, -0.2) is 31.8 Å². The monoisotopic (exact) mass is 478 g/mol. The fraction of sp³-hybridized carbons (Fsp3) is 0.0455. The highest BCUT2D eigenvalue weighted by molar-refractivity contribution is 7.13. The van der Waals surface area contributed by atoms with E-state index in [9.17, 15) is 9.59 Å². The lowest BCUT2D eigenvalue weighted by atomic mass is 10.2. The van der Waals surface area contributed by atoms with Gasteiger partial charge in [-0.05, 0) is 43.3 Å². The molecule has 0 saturated carbocycles. The number of thiazole rings is 1. The molecule has 3 N–H and O–H groups in total. The van der Waals surface area contributed by atoms with Crippen molar-refractivity contribution in [1.29, 1.82) is 0 Å². The number of carbonyl (C=O) groups is 2. The van der Waals surface area contributed by atoms with E-state index in [1.807, 2.05) is 6.92 Å². The van der Waals surface area contributed by atoms with E-state index in [2.05, 4.69) is 30.6 Å². The Kier molecular flexibility index (Phi) is 5.37. The molecule has 0 atom stereocenters. The number of imidazole rings is 1. The molecule has 0 fully saturated rings. The van der Waals surface area contributed by atoms with E-state index in [1.54, 1.807) is 42.6 Å². The molecule has 0 spiro atoms. The van der Waals surface area contributed by atoms with Crippen molar-refractivity contribution >= 4 is 57.3 Å². The third-order valence-electron chi connectivity index (χ3n) is 4.64. The second-order valence-corrected chi connectivity index (χ2v) is 8.68. The molecule has 11 heteroatoms. The van der Waals surface area contributed by atoms with Crippen molar-refractivity contribution in [2.24, 2.45) is 0 Å². The fourth-order valence-corrected chi connectivity index (χ4v) is 3.99. The Balaban J connectivity index is 1.40. The number of amides is 2. The molecule has 5 aromatic rings. The second kappa shape index (κ2) is 8.49. The molecule has 0 radical (unpaired) electrons. The van der Waals surface area contributed by atoms with Crippen molar-refractivity contribution in [1.82, 2.24) is 19.9 Å². The number of benzene rings is 1. The highest BCUT2D eigenvalue weighted by Gasteiger charge is 2.15. The van der Waals surface area contributed by atoms with E-state index in [1.165, 1.54) is 23.8 Å². The molecule has 9 nitrogen and oxygen atoms in total. The van der Waals surface area contributed by atoms with Gasteiger partial charge in [-0.3, -0.25) is 9.59 Å². The average Bonchev–Trinajstić information content (AvgIpc) is 3.55. The maximum Gasteiger partial charge on any atom is 0.291 e. The Bertz CT molecular complexity index is 1490. The number of nitrogens with zero attached hydrogens (tertiary/aromatic N) is 3. The molecule has 0 aliphatic carbocycles. The number of furan rings is 1. The van der Waals surface area contributed by atoms with Gasteiger partial charge in [-0.1, -0.05) is 11.6 Å². The van der Waals surface area contributed by atoms with Crippen molar-refractivity contribution in [2.75, 3.05) is 10.6 Å². The summed E-state index contributed by atoms with van der Waals surface area (Å²) in [6.45, 7) is 1.89. The van der Waals surface area contributed by atoms with Gasteiger partial charge in [0.05, 0.1) is 28.7 Å². The largest absolute Gasteiger partial charge is 0.459 e. The minimum atomic E-state index is -0.379. The molecule has 0 unspecified atom stereocenters. The number of H-pyrrole nitrogens is 1. The van der Waals surface area contributed by atoms with Crippen LogP contribution in [0, 0.1) is 6.92 Å². The number of aromatic nitrogens is 4. The fourth-order valence-electron chi connectivity index (χ4n) is 3.13. The average molecular weight is 479 g/mol. The molecule has 0 saturated heterocycles. The molecule has 33 heavy (non-hydrogen) atoms. The van der Waals surface area contributed by atoms with E-state index in [0.29, 0.717) is 44.0 Å².